The van der Waals surface area contributed by atoms with Crippen molar-refractivity contribution in [3.63, 3.8) is 0 Å². The van der Waals surface area contributed by atoms with Gasteiger partial charge in [0.05, 0.1) is 16.4 Å². The summed E-state index contributed by atoms with van der Waals surface area (Å²) in [6.45, 7) is 7.32. The Morgan fingerprint density at radius 2 is 2.31 bits per heavy atom. The van der Waals surface area contributed by atoms with E-state index in [2.05, 4.69) is 17.3 Å². The quantitative estimate of drug-likeness (QED) is 0.880. The van der Waals surface area contributed by atoms with Crippen molar-refractivity contribution in [2.75, 3.05) is 18.8 Å². The summed E-state index contributed by atoms with van der Waals surface area (Å²) in [5.74, 6) is 3.05. The van der Waals surface area contributed by atoms with Crippen molar-refractivity contribution >= 4 is 23.4 Å². The van der Waals surface area contributed by atoms with Gasteiger partial charge in [-0.05, 0) is 38.6 Å². The van der Waals surface area contributed by atoms with Crippen LogP contribution < -0.4 is 5.32 Å². The van der Waals surface area contributed by atoms with E-state index in [0.717, 1.165) is 28.9 Å². The fraction of sp³-hybridized carbons (Fsp3) is 0.727. The van der Waals surface area contributed by atoms with Crippen LogP contribution in [0.15, 0.2) is 0 Å². The zero-order chi connectivity index (χ0) is 11.5. The van der Waals surface area contributed by atoms with Gasteiger partial charge >= 0.3 is 0 Å². The summed E-state index contributed by atoms with van der Waals surface area (Å²) in [4.78, 5) is 0. The molecule has 3 nitrogen and oxygen atoms in total. The molecule has 0 aliphatic carbocycles. The molecule has 90 valence electrons. The van der Waals surface area contributed by atoms with Gasteiger partial charge in [-0.25, -0.2) is 0 Å². The van der Waals surface area contributed by atoms with Crippen LogP contribution in [0.25, 0.3) is 0 Å². The van der Waals surface area contributed by atoms with Crippen LogP contribution in [-0.4, -0.2) is 28.6 Å². The fourth-order valence-electron chi connectivity index (χ4n) is 1.80. The smallest absolute Gasteiger partial charge is 0.0855 e. The van der Waals surface area contributed by atoms with Gasteiger partial charge in [-0.2, -0.15) is 16.9 Å². The van der Waals surface area contributed by atoms with Crippen LogP contribution in [0.3, 0.4) is 0 Å². The minimum atomic E-state index is 0.848. The zero-order valence-corrected chi connectivity index (χ0v) is 11.4. The Bertz CT molecular complexity index is 360. The van der Waals surface area contributed by atoms with Gasteiger partial charge in [0, 0.05) is 12.3 Å². The topological polar surface area (TPSA) is 29.9 Å². The summed E-state index contributed by atoms with van der Waals surface area (Å²) in [7, 11) is 0. The van der Waals surface area contributed by atoms with E-state index in [1.807, 2.05) is 23.4 Å². The monoisotopic (exact) mass is 259 g/mol. The molecule has 0 spiro atoms. The maximum atomic E-state index is 6.25. The van der Waals surface area contributed by atoms with Crippen molar-refractivity contribution in [1.29, 1.82) is 0 Å². The Balaban J connectivity index is 1.91. The molecule has 16 heavy (non-hydrogen) atoms. The lowest BCUT2D eigenvalue weighted by atomic mass is 10.1. The standard InChI is InChI=1S/C11H18ClN3S/c1-3-15-10(11(12)8(2)14-15)7-16-6-9-4-13-5-9/h9,13H,3-7H2,1-2H3. The SMILES string of the molecule is CCn1nc(C)c(Cl)c1CSCC1CNC1. The predicted octanol–water partition coefficient (Wildman–Crippen LogP) is 2.32. The van der Waals surface area contributed by atoms with Gasteiger partial charge in [0.1, 0.15) is 0 Å². The number of aryl methyl sites for hydroxylation is 2. The lowest BCUT2D eigenvalue weighted by molar-refractivity contribution is 0.385. The van der Waals surface area contributed by atoms with E-state index in [0.29, 0.717) is 0 Å². The number of halogens is 1. The van der Waals surface area contributed by atoms with Crippen LogP contribution >= 0.6 is 23.4 Å². The summed E-state index contributed by atoms with van der Waals surface area (Å²) in [6, 6.07) is 0. The number of rotatable bonds is 5. The molecule has 2 rings (SSSR count). The molecule has 0 amide bonds. The molecule has 1 fully saturated rings. The maximum Gasteiger partial charge on any atom is 0.0855 e. The third-order valence-corrected chi connectivity index (χ3v) is 4.59. The first-order valence-corrected chi connectivity index (χ1v) is 7.25. The van der Waals surface area contributed by atoms with E-state index in [9.17, 15) is 0 Å². The first kappa shape index (κ1) is 12.3. The largest absolute Gasteiger partial charge is 0.316 e. The molecule has 0 unspecified atom stereocenters. The summed E-state index contributed by atoms with van der Waals surface area (Å²) in [6.07, 6.45) is 0. The highest BCUT2D eigenvalue weighted by Crippen LogP contribution is 2.25. The minimum Gasteiger partial charge on any atom is -0.316 e. The van der Waals surface area contributed by atoms with E-state index < -0.39 is 0 Å². The van der Waals surface area contributed by atoms with Crippen LogP contribution in [0.1, 0.15) is 18.3 Å². The highest BCUT2D eigenvalue weighted by molar-refractivity contribution is 7.98. The summed E-state index contributed by atoms with van der Waals surface area (Å²) in [5, 5.41) is 8.56. The number of hydrogen-bond donors (Lipinski definition) is 1. The molecule has 1 aliphatic heterocycles. The van der Waals surface area contributed by atoms with E-state index in [-0.39, 0.29) is 0 Å². The first-order valence-electron chi connectivity index (χ1n) is 5.72. The molecule has 0 aromatic carbocycles. The van der Waals surface area contributed by atoms with Gasteiger partial charge in [0.25, 0.3) is 0 Å². The fourth-order valence-corrected chi connectivity index (χ4v) is 3.25. The molecule has 1 aromatic heterocycles. The van der Waals surface area contributed by atoms with Crippen molar-refractivity contribution in [3.05, 3.63) is 16.4 Å². The van der Waals surface area contributed by atoms with E-state index in [4.69, 9.17) is 11.6 Å². The zero-order valence-electron chi connectivity index (χ0n) is 9.79. The van der Waals surface area contributed by atoms with Crippen molar-refractivity contribution in [1.82, 2.24) is 15.1 Å². The van der Waals surface area contributed by atoms with Crippen LogP contribution in [0.4, 0.5) is 0 Å². The lowest BCUT2D eigenvalue weighted by Crippen LogP contribution is -2.43. The highest BCUT2D eigenvalue weighted by Gasteiger charge is 2.18. The Kier molecular flexibility index (Phi) is 4.16. The molecule has 0 bridgehead atoms. The average molecular weight is 260 g/mol. The van der Waals surface area contributed by atoms with Crippen molar-refractivity contribution in [2.45, 2.75) is 26.1 Å². The lowest BCUT2D eigenvalue weighted by Gasteiger charge is -2.26. The average Bonchev–Trinajstić information content (AvgIpc) is 2.48. The second-order valence-corrected chi connectivity index (χ2v) is 5.61. The Labute approximate surface area is 106 Å². The number of thioether (sulfide) groups is 1. The van der Waals surface area contributed by atoms with E-state index in [1.54, 1.807) is 0 Å². The number of nitrogens with zero attached hydrogens (tertiary/aromatic N) is 2. The van der Waals surface area contributed by atoms with Gasteiger partial charge in [-0.3, -0.25) is 4.68 Å². The Morgan fingerprint density at radius 3 is 2.88 bits per heavy atom. The normalized spacial score (nSPS) is 16.4. The second-order valence-electron chi connectivity index (χ2n) is 4.20. The number of nitrogens with one attached hydrogen (secondary N) is 1. The number of hydrogen-bond acceptors (Lipinski definition) is 3. The predicted molar refractivity (Wildman–Crippen MR) is 70.2 cm³/mol. The molecule has 2 heterocycles. The van der Waals surface area contributed by atoms with Gasteiger partial charge in [-0.15, -0.1) is 0 Å². The number of aromatic nitrogens is 2. The second kappa shape index (κ2) is 5.43. The van der Waals surface area contributed by atoms with Gasteiger partial charge in [-0.1, -0.05) is 11.6 Å². The van der Waals surface area contributed by atoms with Crippen molar-refractivity contribution < 1.29 is 0 Å². The molecule has 0 radical (unpaired) electrons. The van der Waals surface area contributed by atoms with E-state index >= 15 is 0 Å². The molecule has 0 saturated carbocycles. The van der Waals surface area contributed by atoms with E-state index in [1.165, 1.54) is 24.5 Å². The summed E-state index contributed by atoms with van der Waals surface area (Å²) < 4.78 is 2.02. The molecule has 1 aromatic rings. The van der Waals surface area contributed by atoms with Gasteiger partial charge in [0.15, 0.2) is 0 Å². The molecular formula is C11H18ClN3S. The molecule has 0 atom stereocenters. The first-order chi connectivity index (χ1) is 7.72. The molecule has 1 saturated heterocycles. The van der Waals surface area contributed by atoms with Gasteiger partial charge < -0.3 is 5.32 Å². The highest BCUT2D eigenvalue weighted by atomic mass is 35.5. The molecule has 5 heteroatoms. The third kappa shape index (κ3) is 2.55. The Morgan fingerprint density at radius 1 is 1.56 bits per heavy atom. The maximum absolute atomic E-state index is 6.25. The summed E-state index contributed by atoms with van der Waals surface area (Å²) in [5.41, 5.74) is 2.13. The molecule has 1 aliphatic rings. The van der Waals surface area contributed by atoms with Crippen molar-refractivity contribution in [2.24, 2.45) is 5.92 Å². The molecule has 1 N–H and O–H groups in total. The van der Waals surface area contributed by atoms with Crippen LogP contribution in [-0.2, 0) is 12.3 Å². The minimum absolute atomic E-state index is 0.848. The Hall–Kier alpha value is -0.190. The summed E-state index contributed by atoms with van der Waals surface area (Å²) >= 11 is 8.21. The van der Waals surface area contributed by atoms with Crippen LogP contribution in [0.5, 0.6) is 0 Å². The van der Waals surface area contributed by atoms with Crippen LogP contribution in [0.2, 0.25) is 5.02 Å². The van der Waals surface area contributed by atoms with Crippen molar-refractivity contribution in [3.8, 4) is 0 Å². The molecular weight excluding hydrogens is 242 g/mol. The van der Waals surface area contributed by atoms with Gasteiger partial charge in [0.2, 0.25) is 0 Å². The third-order valence-electron chi connectivity index (χ3n) is 2.91. The van der Waals surface area contributed by atoms with Crippen LogP contribution in [0, 0.1) is 12.8 Å².